The summed E-state index contributed by atoms with van der Waals surface area (Å²) in [5, 5.41) is 0. The quantitative estimate of drug-likeness (QED) is 0.845. The van der Waals surface area contributed by atoms with E-state index in [1.54, 1.807) is 0 Å². The number of alkyl halides is 3. The summed E-state index contributed by atoms with van der Waals surface area (Å²) >= 11 is 0. The maximum atomic E-state index is 12.3. The first-order valence-electron chi connectivity index (χ1n) is 3.70. The summed E-state index contributed by atoms with van der Waals surface area (Å²) in [5.41, 5.74) is 4.47. The summed E-state index contributed by atoms with van der Waals surface area (Å²) in [6.45, 7) is 1.47. The van der Waals surface area contributed by atoms with Crippen LogP contribution >= 0.6 is 24.8 Å². The van der Waals surface area contributed by atoms with Gasteiger partial charge < -0.3 is 5.73 Å². The van der Waals surface area contributed by atoms with Gasteiger partial charge in [-0.25, -0.2) is 0 Å². The van der Waals surface area contributed by atoms with Gasteiger partial charge in [-0.15, -0.1) is 24.8 Å². The predicted molar refractivity (Wildman–Crippen MR) is 56.3 cm³/mol. The lowest BCUT2D eigenvalue weighted by atomic mass is 10.1. The smallest absolute Gasteiger partial charge is 0.323 e. The average Bonchev–Trinajstić information content (AvgIpc) is 2.03. The molecule has 1 aromatic rings. The molecule has 2 N–H and O–H groups in total. The summed E-state index contributed by atoms with van der Waals surface area (Å²) in [5.74, 6) is 0. The fraction of sp³-hybridized carbons (Fsp3) is 0.375. The Kier molecular flexibility index (Phi) is 6.92. The van der Waals surface area contributed by atoms with E-state index in [0.717, 1.165) is 6.07 Å². The highest BCUT2D eigenvalue weighted by Crippen LogP contribution is 2.32. The van der Waals surface area contributed by atoms with Crippen LogP contribution in [0.5, 0.6) is 0 Å². The molecule has 7 heteroatoms. The molecule has 0 amide bonds. The van der Waals surface area contributed by atoms with Crippen LogP contribution in [0.3, 0.4) is 0 Å². The van der Waals surface area contributed by atoms with Crippen LogP contribution in [0.4, 0.5) is 13.2 Å². The molecule has 0 radical (unpaired) electrons. The molecule has 0 bridgehead atoms. The average molecular weight is 263 g/mol. The first-order chi connectivity index (χ1) is 5.93. The molecular weight excluding hydrogens is 252 g/mol. The molecular formula is C8H11Cl2F3N2. The maximum Gasteiger partial charge on any atom is 0.418 e. The Bertz CT molecular complexity index is 302. The number of nitrogens with zero attached hydrogens (tertiary/aromatic N) is 1. The largest absolute Gasteiger partial charge is 0.418 e. The molecule has 0 aliphatic heterocycles. The second kappa shape index (κ2) is 6.15. The summed E-state index contributed by atoms with van der Waals surface area (Å²) in [6.07, 6.45) is -3.08. The highest BCUT2D eigenvalue weighted by molar-refractivity contribution is 5.85. The SMILES string of the molecule is C[C@H](N)c1ncccc1C(F)(F)F.Cl.Cl. The highest BCUT2D eigenvalue weighted by Gasteiger charge is 2.34. The fourth-order valence-electron chi connectivity index (χ4n) is 1.02. The maximum absolute atomic E-state index is 12.3. The van der Waals surface area contributed by atoms with Gasteiger partial charge in [-0.2, -0.15) is 13.2 Å². The second-order valence-electron chi connectivity index (χ2n) is 2.72. The third-order valence-corrected chi connectivity index (χ3v) is 1.58. The van der Waals surface area contributed by atoms with E-state index in [1.807, 2.05) is 0 Å². The van der Waals surface area contributed by atoms with E-state index < -0.39 is 17.8 Å². The van der Waals surface area contributed by atoms with Gasteiger partial charge in [0.2, 0.25) is 0 Å². The Balaban J connectivity index is 0. The van der Waals surface area contributed by atoms with E-state index in [1.165, 1.54) is 19.2 Å². The monoisotopic (exact) mass is 262 g/mol. The fourth-order valence-corrected chi connectivity index (χ4v) is 1.02. The molecule has 15 heavy (non-hydrogen) atoms. The van der Waals surface area contributed by atoms with Gasteiger partial charge >= 0.3 is 6.18 Å². The van der Waals surface area contributed by atoms with Gasteiger partial charge in [0.05, 0.1) is 11.3 Å². The molecule has 0 fully saturated rings. The summed E-state index contributed by atoms with van der Waals surface area (Å²) in [6, 6.07) is 1.51. The molecule has 1 atom stereocenters. The van der Waals surface area contributed by atoms with Crippen molar-refractivity contribution in [1.82, 2.24) is 4.98 Å². The lowest BCUT2D eigenvalue weighted by Gasteiger charge is -2.13. The Morgan fingerprint density at radius 2 is 1.87 bits per heavy atom. The number of nitrogens with two attached hydrogens (primary N) is 1. The zero-order valence-electron chi connectivity index (χ0n) is 7.78. The lowest BCUT2D eigenvalue weighted by Crippen LogP contribution is -2.16. The molecule has 0 aliphatic rings. The van der Waals surface area contributed by atoms with Crippen LogP contribution in [0, 0.1) is 0 Å². The minimum Gasteiger partial charge on any atom is -0.323 e. The standard InChI is InChI=1S/C8H9F3N2.2ClH/c1-5(12)7-6(8(9,10)11)3-2-4-13-7;;/h2-5H,12H2,1H3;2*1H/t5-;;/m0../s1. The number of aromatic nitrogens is 1. The third-order valence-electron chi connectivity index (χ3n) is 1.58. The number of hydrogen-bond acceptors (Lipinski definition) is 2. The van der Waals surface area contributed by atoms with Crippen molar-refractivity contribution < 1.29 is 13.2 Å². The third kappa shape index (κ3) is 4.24. The van der Waals surface area contributed by atoms with Crippen LogP contribution in [0.1, 0.15) is 24.2 Å². The Morgan fingerprint density at radius 3 is 2.20 bits per heavy atom. The van der Waals surface area contributed by atoms with Crippen molar-refractivity contribution in [3.05, 3.63) is 29.6 Å². The van der Waals surface area contributed by atoms with Crippen LogP contribution in [0.15, 0.2) is 18.3 Å². The lowest BCUT2D eigenvalue weighted by molar-refractivity contribution is -0.138. The van der Waals surface area contributed by atoms with Crippen LogP contribution in [-0.2, 0) is 6.18 Å². The van der Waals surface area contributed by atoms with Gasteiger partial charge in [-0.05, 0) is 19.1 Å². The predicted octanol–water partition coefficient (Wildman–Crippen LogP) is 2.96. The zero-order chi connectivity index (χ0) is 10.1. The summed E-state index contributed by atoms with van der Waals surface area (Å²) in [7, 11) is 0. The number of rotatable bonds is 1. The Hall–Kier alpha value is -0.520. The topological polar surface area (TPSA) is 38.9 Å². The molecule has 0 aromatic carbocycles. The van der Waals surface area contributed by atoms with Crippen molar-refractivity contribution >= 4 is 24.8 Å². The van der Waals surface area contributed by atoms with Gasteiger partial charge in [0.1, 0.15) is 0 Å². The van der Waals surface area contributed by atoms with Gasteiger partial charge in [-0.3, -0.25) is 4.98 Å². The first-order valence-corrected chi connectivity index (χ1v) is 3.70. The first kappa shape index (κ1) is 16.9. The van der Waals surface area contributed by atoms with Gasteiger partial charge in [0, 0.05) is 12.2 Å². The Labute approximate surface area is 97.9 Å². The van der Waals surface area contributed by atoms with Crippen molar-refractivity contribution in [2.45, 2.75) is 19.1 Å². The number of pyridine rings is 1. The van der Waals surface area contributed by atoms with Crippen LogP contribution in [0.2, 0.25) is 0 Å². The van der Waals surface area contributed by atoms with Gasteiger partial charge in [0.15, 0.2) is 0 Å². The van der Waals surface area contributed by atoms with Crippen molar-refractivity contribution in [3.8, 4) is 0 Å². The van der Waals surface area contributed by atoms with E-state index in [0.29, 0.717) is 0 Å². The van der Waals surface area contributed by atoms with Crippen molar-refractivity contribution in [2.24, 2.45) is 5.73 Å². The molecule has 2 nitrogen and oxygen atoms in total. The summed E-state index contributed by atoms with van der Waals surface area (Å²) < 4.78 is 36.9. The van der Waals surface area contributed by atoms with Gasteiger partial charge in [-0.1, -0.05) is 0 Å². The molecule has 88 valence electrons. The minimum absolute atomic E-state index is 0. The molecule has 1 aromatic heterocycles. The van der Waals surface area contributed by atoms with Crippen molar-refractivity contribution in [2.75, 3.05) is 0 Å². The second-order valence-corrected chi connectivity index (χ2v) is 2.72. The number of halogens is 5. The van der Waals surface area contributed by atoms with E-state index in [2.05, 4.69) is 4.98 Å². The molecule has 0 aliphatic carbocycles. The normalized spacial score (nSPS) is 12.3. The molecule has 1 rings (SSSR count). The van der Waals surface area contributed by atoms with Crippen molar-refractivity contribution in [1.29, 1.82) is 0 Å². The molecule has 0 unspecified atom stereocenters. The van der Waals surface area contributed by atoms with E-state index >= 15 is 0 Å². The van der Waals surface area contributed by atoms with Gasteiger partial charge in [0.25, 0.3) is 0 Å². The van der Waals surface area contributed by atoms with E-state index in [-0.39, 0.29) is 30.5 Å². The van der Waals surface area contributed by atoms with E-state index in [4.69, 9.17) is 5.73 Å². The highest BCUT2D eigenvalue weighted by atomic mass is 35.5. The van der Waals surface area contributed by atoms with Crippen LogP contribution < -0.4 is 5.73 Å². The zero-order valence-corrected chi connectivity index (χ0v) is 9.42. The molecule has 0 spiro atoms. The Morgan fingerprint density at radius 1 is 1.33 bits per heavy atom. The minimum atomic E-state index is -4.38. The van der Waals surface area contributed by atoms with Crippen LogP contribution in [-0.4, -0.2) is 4.98 Å². The van der Waals surface area contributed by atoms with E-state index in [9.17, 15) is 13.2 Å². The molecule has 1 heterocycles. The molecule has 0 saturated carbocycles. The van der Waals surface area contributed by atoms with Crippen LogP contribution in [0.25, 0.3) is 0 Å². The van der Waals surface area contributed by atoms with Crippen molar-refractivity contribution in [3.63, 3.8) is 0 Å². The summed E-state index contributed by atoms with van der Waals surface area (Å²) in [4.78, 5) is 3.60. The molecule has 0 saturated heterocycles. The number of hydrogen-bond donors (Lipinski definition) is 1.